The van der Waals surface area contributed by atoms with Crippen LogP contribution in [0.2, 0.25) is 0 Å². The Labute approximate surface area is 117 Å². The molecule has 0 amide bonds. The van der Waals surface area contributed by atoms with Crippen molar-refractivity contribution in [2.75, 3.05) is 14.2 Å². The van der Waals surface area contributed by atoms with E-state index in [4.69, 9.17) is 4.74 Å². The largest absolute Gasteiger partial charge is 0.375 e. The summed E-state index contributed by atoms with van der Waals surface area (Å²) in [7, 11) is 3.32. The van der Waals surface area contributed by atoms with E-state index in [1.165, 1.54) is 12.1 Å². The highest BCUT2D eigenvalue weighted by Crippen LogP contribution is 2.31. The number of ether oxygens (including phenoxy) is 1. The zero-order valence-electron chi connectivity index (χ0n) is 11.4. The van der Waals surface area contributed by atoms with E-state index in [1.54, 1.807) is 14.2 Å². The summed E-state index contributed by atoms with van der Waals surface area (Å²) in [6.07, 6.45) is -0.331. The molecule has 0 spiro atoms. The third kappa shape index (κ3) is 3.21. The van der Waals surface area contributed by atoms with Crippen LogP contribution in [-0.2, 0) is 4.74 Å². The van der Waals surface area contributed by atoms with E-state index in [-0.39, 0.29) is 12.1 Å². The first-order valence-electron chi connectivity index (χ1n) is 6.36. The lowest BCUT2D eigenvalue weighted by molar-refractivity contribution is 0.0700. The van der Waals surface area contributed by atoms with Gasteiger partial charge in [0.2, 0.25) is 0 Å². The van der Waals surface area contributed by atoms with Crippen molar-refractivity contribution in [2.45, 2.75) is 12.1 Å². The molecule has 0 radical (unpaired) electrons. The van der Waals surface area contributed by atoms with Crippen molar-refractivity contribution in [3.63, 3.8) is 0 Å². The van der Waals surface area contributed by atoms with Gasteiger partial charge < -0.3 is 10.1 Å². The standard InChI is InChI=1S/C16H17F2NO/c1-19-15(12-8-13(17)10-14(18)9-12)16(20-2)11-6-4-3-5-7-11/h3-10,15-16,19H,1-2H3. The third-order valence-electron chi connectivity index (χ3n) is 3.24. The molecule has 2 rings (SSSR count). The van der Waals surface area contributed by atoms with Gasteiger partial charge in [0.25, 0.3) is 0 Å². The first-order valence-corrected chi connectivity index (χ1v) is 6.36. The van der Waals surface area contributed by atoms with Crippen molar-refractivity contribution in [2.24, 2.45) is 0 Å². The lowest BCUT2D eigenvalue weighted by Gasteiger charge is -2.26. The summed E-state index contributed by atoms with van der Waals surface area (Å²) in [4.78, 5) is 0. The van der Waals surface area contributed by atoms with Gasteiger partial charge in [-0.25, -0.2) is 8.78 Å². The minimum Gasteiger partial charge on any atom is -0.375 e. The van der Waals surface area contributed by atoms with Gasteiger partial charge in [0.1, 0.15) is 17.7 Å². The number of hydrogen-bond acceptors (Lipinski definition) is 2. The van der Waals surface area contributed by atoms with Gasteiger partial charge >= 0.3 is 0 Å². The molecule has 0 fully saturated rings. The summed E-state index contributed by atoms with van der Waals surface area (Å²) in [5.41, 5.74) is 1.46. The molecular weight excluding hydrogens is 260 g/mol. The number of methoxy groups -OCH3 is 1. The molecule has 20 heavy (non-hydrogen) atoms. The number of benzene rings is 2. The van der Waals surface area contributed by atoms with Crippen LogP contribution in [0, 0.1) is 11.6 Å². The van der Waals surface area contributed by atoms with Crippen molar-refractivity contribution >= 4 is 0 Å². The Bertz CT molecular complexity index is 539. The molecule has 0 saturated heterocycles. The molecule has 2 atom stereocenters. The second-order valence-corrected chi connectivity index (χ2v) is 4.54. The van der Waals surface area contributed by atoms with Crippen LogP contribution in [0.3, 0.4) is 0 Å². The molecule has 0 aliphatic carbocycles. The number of hydrogen-bond donors (Lipinski definition) is 1. The van der Waals surface area contributed by atoms with Gasteiger partial charge in [0.15, 0.2) is 0 Å². The van der Waals surface area contributed by atoms with Crippen molar-refractivity contribution in [3.8, 4) is 0 Å². The highest BCUT2D eigenvalue weighted by atomic mass is 19.1. The highest BCUT2D eigenvalue weighted by Gasteiger charge is 2.24. The lowest BCUT2D eigenvalue weighted by Crippen LogP contribution is -2.25. The third-order valence-corrected chi connectivity index (χ3v) is 3.24. The van der Waals surface area contributed by atoms with Gasteiger partial charge in [-0.3, -0.25) is 0 Å². The van der Waals surface area contributed by atoms with Crippen LogP contribution in [0.15, 0.2) is 48.5 Å². The van der Waals surface area contributed by atoms with E-state index >= 15 is 0 Å². The van der Waals surface area contributed by atoms with Crippen LogP contribution < -0.4 is 5.32 Å². The molecular formula is C16H17F2NO. The zero-order chi connectivity index (χ0) is 14.5. The Kier molecular flexibility index (Phi) is 4.82. The minimum absolute atomic E-state index is 0.331. The fraction of sp³-hybridized carbons (Fsp3) is 0.250. The molecule has 2 nitrogen and oxygen atoms in total. The molecule has 1 N–H and O–H groups in total. The topological polar surface area (TPSA) is 21.3 Å². The average molecular weight is 277 g/mol. The van der Waals surface area contributed by atoms with E-state index in [0.29, 0.717) is 5.56 Å². The van der Waals surface area contributed by atoms with E-state index in [1.807, 2.05) is 30.3 Å². The SMILES string of the molecule is CNC(c1cc(F)cc(F)c1)C(OC)c1ccccc1. The maximum absolute atomic E-state index is 13.4. The monoisotopic (exact) mass is 277 g/mol. The Morgan fingerprint density at radius 3 is 2.05 bits per heavy atom. The van der Waals surface area contributed by atoms with E-state index < -0.39 is 11.6 Å². The Morgan fingerprint density at radius 1 is 0.950 bits per heavy atom. The smallest absolute Gasteiger partial charge is 0.126 e. The van der Waals surface area contributed by atoms with Crippen LogP contribution in [-0.4, -0.2) is 14.2 Å². The Balaban J connectivity index is 2.39. The summed E-state index contributed by atoms with van der Waals surface area (Å²) >= 11 is 0. The summed E-state index contributed by atoms with van der Waals surface area (Å²) < 4.78 is 32.3. The van der Waals surface area contributed by atoms with E-state index in [9.17, 15) is 8.78 Å². The molecule has 0 bridgehead atoms. The minimum atomic E-state index is -0.594. The Morgan fingerprint density at radius 2 is 1.55 bits per heavy atom. The van der Waals surface area contributed by atoms with Crippen LogP contribution >= 0.6 is 0 Å². The molecule has 0 aliphatic heterocycles. The normalized spacial score (nSPS) is 14.0. The molecule has 106 valence electrons. The van der Waals surface area contributed by atoms with E-state index in [2.05, 4.69) is 5.32 Å². The second-order valence-electron chi connectivity index (χ2n) is 4.54. The van der Waals surface area contributed by atoms with Gasteiger partial charge in [-0.1, -0.05) is 30.3 Å². The molecule has 4 heteroatoms. The molecule has 2 aromatic rings. The van der Waals surface area contributed by atoms with Crippen molar-refractivity contribution in [3.05, 3.63) is 71.3 Å². The molecule has 2 aromatic carbocycles. The number of likely N-dealkylation sites (N-methyl/N-ethyl adjacent to an activating group) is 1. The van der Waals surface area contributed by atoms with Gasteiger partial charge in [0.05, 0.1) is 6.04 Å². The first kappa shape index (κ1) is 14.6. The second kappa shape index (κ2) is 6.59. The Hall–Kier alpha value is -1.78. The fourth-order valence-corrected chi connectivity index (χ4v) is 2.35. The van der Waals surface area contributed by atoms with Crippen molar-refractivity contribution in [1.29, 1.82) is 0 Å². The van der Waals surface area contributed by atoms with Gasteiger partial charge in [-0.2, -0.15) is 0 Å². The number of halogens is 2. The maximum atomic E-state index is 13.4. The van der Waals surface area contributed by atoms with Gasteiger partial charge in [-0.05, 0) is 30.3 Å². The summed E-state index contributed by atoms with van der Waals surface area (Å²) in [5, 5.41) is 3.06. The summed E-state index contributed by atoms with van der Waals surface area (Å²) in [5.74, 6) is -1.19. The highest BCUT2D eigenvalue weighted by molar-refractivity contribution is 5.27. The number of rotatable bonds is 5. The van der Waals surface area contributed by atoms with Crippen LogP contribution in [0.25, 0.3) is 0 Å². The van der Waals surface area contributed by atoms with Gasteiger partial charge in [-0.15, -0.1) is 0 Å². The van der Waals surface area contributed by atoms with Crippen LogP contribution in [0.1, 0.15) is 23.3 Å². The van der Waals surface area contributed by atoms with E-state index in [0.717, 1.165) is 11.6 Å². The molecule has 0 saturated carbocycles. The summed E-state index contributed by atoms with van der Waals surface area (Å²) in [6.45, 7) is 0. The lowest BCUT2D eigenvalue weighted by atomic mass is 9.95. The fourth-order valence-electron chi connectivity index (χ4n) is 2.35. The predicted octanol–water partition coefficient (Wildman–Crippen LogP) is 3.61. The van der Waals surface area contributed by atoms with Crippen molar-refractivity contribution in [1.82, 2.24) is 5.32 Å². The average Bonchev–Trinajstić information content (AvgIpc) is 2.44. The molecule has 0 aromatic heterocycles. The zero-order valence-corrected chi connectivity index (χ0v) is 11.4. The first-order chi connectivity index (χ1) is 9.65. The van der Waals surface area contributed by atoms with Gasteiger partial charge in [0, 0.05) is 13.2 Å². The molecule has 0 heterocycles. The maximum Gasteiger partial charge on any atom is 0.126 e. The van der Waals surface area contributed by atoms with Crippen LogP contribution in [0.4, 0.5) is 8.78 Å². The number of nitrogens with one attached hydrogen (secondary N) is 1. The van der Waals surface area contributed by atoms with Crippen LogP contribution in [0.5, 0.6) is 0 Å². The summed E-state index contributed by atoms with van der Waals surface area (Å²) in [6, 6.07) is 12.7. The quantitative estimate of drug-likeness (QED) is 0.901. The predicted molar refractivity (Wildman–Crippen MR) is 74.4 cm³/mol. The van der Waals surface area contributed by atoms with Crippen molar-refractivity contribution < 1.29 is 13.5 Å². The molecule has 2 unspecified atom stereocenters. The molecule has 0 aliphatic rings.